The standard InChI is InChI=1S/C13H9BrFN3/c14-10-5-12(17)13(6-11(10)15)18-9-3-1-8(7-16)2-4-9/h1-6,18H,17H2. The summed E-state index contributed by atoms with van der Waals surface area (Å²) in [7, 11) is 0. The summed E-state index contributed by atoms with van der Waals surface area (Å²) in [6.45, 7) is 0. The van der Waals surface area contributed by atoms with Crippen LogP contribution in [0.4, 0.5) is 21.5 Å². The number of hydrogen-bond donors (Lipinski definition) is 2. The number of benzene rings is 2. The molecule has 2 aromatic carbocycles. The molecule has 0 spiro atoms. The molecule has 0 atom stereocenters. The van der Waals surface area contributed by atoms with E-state index in [0.29, 0.717) is 21.4 Å². The highest BCUT2D eigenvalue weighted by Crippen LogP contribution is 2.28. The zero-order chi connectivity index (χ0) is 13.1. The molecule has 0 radical (unpaired) electrons. The fourth-order valence-corrected chi connectivity index (χ4v) is 1.82. The van der Waals surface area contributed by atoms with Gasteiger partial charge in [0.2, 0.25) is 0 Å². The molecule has 0 amide bonds. The molecule has 3 N–H and O–H groups in total. The number of nitriles is 1. The van der Waals surface area contributed by atoms with Crippen molar-refractivity contribution in [2.45, 2.75) is 0 Å². The van der Waals surface area contributed by atoms with Crippen molar-refractivity contribution in [2.24, 2.45) is 0 Å². The number of nitrogens with one attached hydrogen (secondary N) is 1. The van der Waals surface area contributed by atoms with Crippen molar-refractivity contribution in [3.63, 3.8) is 0 Å². The number of anilines is 3. The quantitative estimate of drug-likeness (QED) is 0.830. The molecule has 0 aromatic heterocycles. The van der Waals surface area contributed by atoms with Gasteiger partial charge >= 0.3 is 0 Å². The minimum absolute atomic E-state index is 0.324. The maximum Gasteiger partial charge on any atom is 0.139 e. The summed E-state index contributed by atoms with van der Waals surface area (Å²) >= 11 is 3.07. The third-order valence-electron chi connectivity index (χ3n) is 2.39. The van der Waals surface area contributed by atoms with E-state index in [1.54, 1.807) is 24.3 Å². The lowest BCUT2D eigenvalue weighted by Crippen LogP contribution is -1.97. The number of hydrogen-bond acceptors (Lipinski definition) is 3. The predicted octanol–water partition coefficient (Wildman–Crippen LogP) is 3.79. The van der Waals surface area contributed by atoms with Gasteiger partial charge in [0.15, 0.2) is 0 Å². The van der Waals surface area contributed by atoms with Crippen molar-refractivity contribution >= 4 is 33.0 Å². The van der Waals surface area contributed by atoms with Crippen LogP contribution in [0.1, 0.15) is 5.56 Å². The highest BCUT2D eigenvalue weighted by Gasteiger charge is 2.06. The van der Waals surface area contributed by atoms with Crippen LogP contribution in [-0.4, -0.2) is 0 Å². The van der Waals surface area contributed by atoms with Gasteiger partial charge < -0.3 is 11.1 Å². The minimum Gasteiger partial charge on any atom is -0.397 e. The molecule has 0 saturated heterocycles. The zero-order valence-corrected chi connectivity index (χ0v) is 10.8. The molecule has 18 heavy (non-hydrogen) atoms. The van der Waals surface area contributed by atoms with Crippen LogP contribution in [0.3, 0.4) is 0 Å². The van der Waals surface area contributed by atoms with E-state index in [2.05, 4.69) is 21.2 Å². The summed E-state index contributed by atoms with van der Waals surface area (Å²) < 4.78 is 13.7. The van der Waals surface area contributed by atoms with Crippen LogP contribution in [-0.2, 0) is 0 Å². The van der Waals surface area contributed by atoms with Gasteiger partial charge in [0.1, 0.15) is 5.82 Å². The molecular weight excluding hydrogens is 297 g/mol. The van der Waals surface area contributed by atoms with E-state index in [1.807, 2.05) is 6.07 Å². The van der Waals surface area contributed by atoms with Gasteiger partial charge in [0, 0.05) is 11.8 Å². The van der Waals surface area contributed by atoms with E-state index in [-0.39, 0.29) is 5.82 Å². The van der Waals surface area contributed by atoms with E-state index >= 15 is 0 Å². The first-order valence-corrected chi connectivity index (χ1v) is 5.91. The first-order valence-electron chi connectivity index (χ1n) is 5.12. The molecule has 0 bridgehead atoms. The second-order valence-corrected chi connectivity index (χ2v) is 4.52. The zero-order valence-electron chi connectivity index (χ0n) is 9.24. The lowest BCUT2D eigenvalue weighted by Gasteiger charge is -2.10. The van der Waals surface area contributed by atoms with E-state index in [0.717, 1.165) is 5.69 Å². The van der Waals surface area contributed by atoms with E-state index in [1.165, 1.54) is 12.1 Å². The Hall–Kier alpha value is -2.06. The number of halogens is 2. The fraction of sp³-hybridized carbons (Fsp3) is 0. The van der Waals surface area contributed by atoms with E-state index in [9.17, 15) is 4.39 Å². The Labute approximate surface area is 112 Å². The van der Waals surface area contributed by atoms with Crippen LogP contribution in [0, 0.1) is 17.1 Å². The largest absolute Gasteiger partial charge is 0.397 e. The molecule has 0 fully saturated rings. The van der Waals surface area contributed by atoms with Crippen molar-refractivity contribution in [1.29, 1.82) is 5.26 Å². The van der Waals surface area contributed by atoms with Gasteiger partial charge in [-0.3, -0.25) is 0 Å². The molecule has 3 nitrogen and oxygen atoms in total. The summed E-state index contributed by atoms with van der Waals surface area (Å²) in [6.07, 6.45) is 0. The topological polar surface area (TPSA) is 61.8 Å². The lowest BCUT2D eigenvalue weighted by atomic mass is 10.2. The Bertz CT molecular complexity index is 617. The van der Waals surface area contributed by atoms with Crippen molar-refractivity contribution in [2.75, 3.05) is 11.1 Å². The van der Waals surface area contributed by atoms with Gasteiger partial charge in [-0.05, 0) is 46.3 Å². The lowest BCUT2D eigenvalue weighted by molar-refractivity contribution is 0.622. The Morgan fingerprint density at radius 2 is 1.89 bits per heavy atom. The first kappa shape index (κ1) is 12.4. The Morgan fingerprint density at radius 1 is 1.22 bits per heavy atom. The number of nitrogen functional groups attached to an aromatic ring is 1. The van der Waals surface area contributed by atoms with Gasteiger partial charge in [-0.15, -0.1) is 0 Å². The van der Waals surface area contributed by atoms with Gasteiger partial charge in [-0.25, -0.2) is 4.39 Å². The maximum atomic E-state index is 13.4. The van der Waals surface area contributed by atoms with Crippen LogP contribution in [0.25, 0.3) is 0 Å². The summed E-state index contributed by atoms with van der Waals surface area (Å²) in [5.74, 6) is -0.389. The molecule has 0 heterocycles. The molecule has 2 aromatic rings. The Balaban J connectivity index is 2.28. The maximum absolute atomic E-state index is 13.4. The van der Waals surface area contributed by atoms with Gasteiger partial charge in [-0.2, -0.15) is 5.26 Å². The predicted molar refractivity (Wildman–Crippen MR) is 73.0 cm³/mol. The van der Waals surface area contributed by atoms with Crippen molar-refractivity contribution in [3.05, 3.63) is 52.3 Å². The summed E-state index contributed by atoms with van der Waals surface area (Å²) in [4.78, 5) is 0. The van der Waals surface area contributed by atoms with E-state index in [4.69, 9.17) is 11.0 Å². The van der Waals surface area contributed by atoms with Gasteiger partial charge in [0.25, 0.3) is 0 Å². The van der Waals surface area contributed by atoms with Crippen molar-refractivity contribution in [3.8, 4) is 6.07 Å². The van der Waals surface area contributed by atoms with Crippen molar-refractivity contribution in [1.82, 2.24) is 0 Å². The average molecular weight is 306 g/mol. The first-order chi connectivity index (χ1) is 8.60. The molecular formula is C13H9BrFN3. The molecule has 0 aliphatic heterocycles. The average Bonchev–Trinajstić information content (AvgIpc) is 2.37. The van der Waals surface area contributed by atoms with E-state index < -0.39 is 0 Å². The molecule has 5 heteroatoms. The molecule has 0 unspecified atom stereocenters. The summed E-state index contributed by atoms with van der Waals surface area (Å²) in [5, 5.41) is 11.7. The second-order valence-electron chi connectivity index (χ2n) is 3.67. The molecule has 0 saturated carbocycles. The Morgan fingerprint density at radius 3 is 2.50 bits per heavy atom. The van der Waals surface area contributed by atoms with Crippen LogP contribution >= 0.6 is 15.9 Å². The van der Waals surface area contributed by atoms with Crippen molar-refractivity contribution < 1.29 is 4.39 Å². The van der Waals surface area contributed by atoms with Crippen LogP contribution in [0.5, 0.6) is 0 Å². The molecule has 90 valence electrons. The smallest absolute Gasteiger partial charge is 0.139 e. The minimum atomic E-state index is -0.389. The van der Waals surface area contributed by atoms with Gasteiger partial charge in [0.05, 0.1) is 27.5 Å². The molecule has 2 rings (SSSR count). The van der Waals surface area contributed by atoms with Crippen LogP contribution < -0.4 is 11.1 Å². The normalized spacial score (nSPS) is 9.83. The SMILES string of the molecule is N#Cc1ccc(Nc2cc(F)c(Br)cc2N)cc1. The second kappa shape index (κ2) is 5.07. The number of nitrogens with zero attached hydrogens (tertiary/aromatic N) is 1. The fourth-order valence-electron chi connectivity index (χ4n) is 1.45. The monoisotopic (exact) mass is 305 g/mol. The number of rotatable bonds is 2. The highest BCUT2D eigenvalue weighted by molar-refractivity contribution is 9.10. The third kappa shape index (κ3) is 2.60. The third-order valence-corrected chi connectivity index (χ3v) is 2.99. The Kier molecular flexibility index (Phi) is 3.49. The van der Waals surface area contributed by atoms with Crippen LogP contribution in [0.2, 0.25) is 0 Å². The molecule has 0 aliphatic rings. The summed E-state index contributed by atoms with van der Waals surface area (Å²) in [5.41, 5.74) is 8.01. The summed E-state index contributed by atoms with van der Waals surface area (Å²) in [6, 6.07) is 11.7. The van der Waals surface area contributed by atoms with Crippen LogP contribution in [0.15, 0.2) is 40.9 Å². The number of nitrogens with two attached hydrogens (primary N) is 1. The van der Waals surface area contributed by atoms with Gasteiger partial charge in [-0.1, -0.05) is 0 Å². The highest BCUT2D eigenvalue weighted by atomic mass is 79.9. The molecule has 0 aliphatic carbocycles.